The Hall–Kier alpha value is -0.610. The Morgan fingerprint density at radius 3 is 2.88 bits per heavy atom. The molecule has 2 N–H and O–H groups in total. The van der Waals surface area contributed by atoms with Crippen LogP contribution in [0.2, 0.25) is 0 Å². The monoisotopic (exact) mass is 241 g/mol. The second-order valence-electron chi connectivity index (χ2n) is 5.32. The summed E-state index contributed by atoms with van der Waals surface area (Å²) in [6.07, 6.45) is 4.77. The van der Waals surface area contributed by atoms with Crippen molar-refractivity contribution < 1.29 is 4.79 Å². The first-order valence-electron chi connectivity index (χ1n) is 6.74. The maximum absolute atomic E-state index is 12.1. The predicted octanol–water partition coefficient (Wildman–Crippen LogP) is 1.06. The second kappa shape index (κ2) is 6.97. The van der Waals surface area contributed by atoms with Crippen molar-refractivity contribution in [2.24, 2.45) is 5.73 Å². The number of carbonyl (C=O) groups is 1. The molecule has 0 aromatic rings. The van der Waals surface area contributed by atoms with E-state index in [1.165, 1.54) is 6.42 Å². The molecule has 100 valence electrons. The Morgan fingerprint density at radius 1 is 1.59 bits per heavy atom. The molecule has 0 aliphatic carbocycles. The molecule has 1 aliphatic rings. The van der Waals surface area contributed by atoms with Gasteiger partial charge in [-0.15, -0.1) is 0 Å². The highest BCUT2D eigenvalue weighted by Gasteiger charge is 2.24. The van der Waals surface area contributed by atoms with Gasteiger partial charge in [0.25, 0.3) is 0 Å². The van der Waals surface area contributed by atoms with E-state index in [1.54, 1.807) is 0 Å². The molecular weight excluding hydrogens is 214 g/mol. The third-order valence-corrected chi connectivity index (χ3v) is 3.64. The molecule has 0 radical (unpaired) electrons. The average molecular weight is 241 g/mol. The minimum absolute atomic E-state index is 0.0243. The summed E-state index contributed by atoms with van der Waals surface area (Å²) in [5.74, 6) is 0.200. The number of hydrogen-bond donors (Lipinski definition) is 1. The summed E-state index contributed by atoms with van der Waals surface area (Å²) in [7, 11) is 4.04. The zero-order valence-electron chi connectivity index (χ0n) is 11.5. The molecule has 2 unspecified atom stereocenters. The molecule has 1 fully saturated rings. The van der Waals surface area contributed by atoms with E-state index in [0.29, 0.717) is 12.5 Å². The van der Waals surface area contributed by atoms with Crippen LogP contribution in [0, 0.1) is 0 Å². The Kier molecular flexibility index (Phi) is 5.92. The van der Waals surface area contributed by atoms with Gasteiger partial charge >= 0.3 is 0 Å². The number of likely N-dealkylation sites (N-methyl/N-ethyl adjacent to an activating group) is 2. The summed E-state index contributed by atoms with van der Waals surface area (Å²) in [4.78, 5) is 16.3. The number of carbonyl (C=O) groups excluding carboxylic acids is 1. The fourth-order valence-electron chi connectivity index (χ4n) is 2.50. The number of amides is 1. The first kappa shape index (κ1) is 14.5. The number of piperidine rings is 1. The average Bonchev–Trinajstić information content (AvgIpc) is 2.28. The minimum Gasteiger partial charge on any atom is -0.341 e. The van der Waals surface area contributed by atoms with E-state index < -0.39 is 0 Å². The lowest BCUT2D eigenvalue weighted by Gasteiger charge is -2.36. The van der Waals surface area contributed by atoms with E-state index >= 15 is 0 Å². The number of nitrogens with zero attached hydrogens (tertiary/aromatic N) is 2. The van der Waals surface area contributed by atoms with Crippen LogP contribution in [0.25, 0.3) is 0 Å². The van der Waals surface area contributed by atoms with Gasteiger partial charge in [-0.25, -0.2) is 0 Å². The van der Waals surface area contributed by atoms with Crippen molar-refractivity contribution in [1.29, 1.82) is 0 Å². The van der Waals surface area contributed by atoms with Gasteiger partial charge in [-0.3, -0.25) is 4.79 Å². The van der Waals surface area contributed by atoms with Crippen LogP contribution >= 0.6 is 0 Å². The zero-order chi connectivity index (χ0) is 12.8. The van der Waals surface area contributed by atoms with Crippen molar-refractivity contribution in [2.45, 2.75) is 51.1 Å². The first-order valence-corrected chi connectivity index (χ1v) is 6.74. The van der Waals surface area contributed by atoms with Crippen LogP contribution in [0.15, 0.2) is 0 Å². The number of nitrogens with two attached hydrogens (primary N) is 1. The summed E-state index contributed by atoms with van der Waals surface area (Å²) in [5, 5.41) is 0. The fraction of sp³-hybridized carbons (Fsp3) is 0.923. The maximum atomic E-state index is 12.1. The van der Waals surface area contributed by atoms with Gasteiger partial charge in [0.2, 0.25) is 5.91 Å². The third-order valence-electron chi connectivity index (χ3n) is 3.64. The van der Waals surface area contributed by atoms with Gasteiger partial charge in [0, 0.05) is 32.1 Å². The van der Waals surface area contributed by atoms with Gasteiger partial charge in [-0.1, -0.05) is 13.3 Å². The third kappa shape index (κ3) is 4.64. The van der Waals surface area contributed by atoms with Crippen LogP contribution in [0.3, 0.4) is 0 Å². The molecule has 2 atom stereocenters. The molecule has 0 spiro atoms. The molecule has 4 nitrogen and oxygen atoms in total. The minimum atomic E-state index is 0.0243. The van der Waals surface area contributed by atoms with E-state index in [-0.39, 0.29) is 11.9 Å². The molecule has 0 saturated carbocycles. The molecule has 0 aromatic heterocycles. The van der Waals surface area contributed by atoms with Crippen molar-refractivity contribution >= 4 is 5.91 Å². The lowest BCUT2D eigenvalue weighted by atomic mass is 10.0. The molecule has 17 heavy (non-hydrogen) atoms. The zero-order valence-corrected chi connectivity index (χ0v) is 11.5. The van der Waals surface area contributed by atoms with Gasteiger partial charge in [0.05, 0.1) is 0 Å². The lowest BCUT2D eigenvalue weighted by Crippen LogP contribution is -2.48. The van der Waals surface area contributed by atoms with E-state index in [1.807, 2.05) is 11.9 Å². The van der Waals surface area contributed by atoms with Crippen molar-refractivity contribution in [2.75, 3.05) is 27.2 Å². The molecule has 1 amide bonds. The molecule has 1 saturated heterocycles. The van der Waals surface area contributed by atoms with Crippen LogP contribution in [0.1, 0.15) is 39.0 Å². The maximum Gasteiger partial charge on any atom is 0.224 e. The molecule has 1 aliphatic heterocycles. The summed E-state index contributed by atoms with van der Waals surface area (Å²) in [6.45, 7) is 4.24. The van der Waals surface area contributed by atoms with Gasteiger partial charge in [0.1, 0.15) is 0 Å². The van der Waals surface area contributed by atoms with E-state index in [4.69, 9.17) is 5.73 Å². The molecule has 0 bridgehead atoms. The van der Waals surface area contributed by atoms with Crippen LogP contribution in [0.4, 0.5) is 0 Å². The Bertz CT molecular complexity index is 245. The summed E-state index contributed by atoms with van der Waals surface area (Å²) >= 11 is 0. The van der Waals surface area contributed by atoms with Gasteiger partial charge in [0.15, 0.2) is 0 Å². The SMILES string of the molecule is CCCC(N)CC(=O)N(C)C1CCCN(C)C1. The molecule has 0 aromatic carbocycles. The van der Waals surface area contributed by atoms with Gasteiger partial charge < -0.3 is 15.5 Å². The Morgan fingerprint density at radius 2 is 2.29 bits per heavy atom. The lowest BCUT2D eigenvalue weighted by molar-refractivity contribution is -0.133. The second-order valence-corrected chi connectivity index (χ2v) is 5.32. The Balaban J connectivity index is 2.39. The van der Waals surface area contributed by atoms with E-state index in [0.717, 1.165) is 32.4 Å². The van der Waals surface area contributed by atoms with Crippen LogP contribution in [0.5, 0.6) is 0 Å². The van der Waals surface area contributed by atoms with Crippen LogP contribution in [-0.4, -0.2) is 55.0 Å². The summed E-state index contributed by atoms with van der Waals surface area (Å²) in [6, 6.07) is 0.395. The predicted molar refractivity (Wildman–Crippen MR) is 70.8 cm³/mol. The number of hydrogen-bond acceptors (Lipinski definition) is 3. The summed E-state index contributed by atoms with van der Waals surface area (Å²) < 4.78 is 0. The smallest absolute Gasteiger partial charge is 0.224 e. The highest BCUT2D eigenvalue weighted by molar-refractivity contribution is 5.76. The Labute approximate surface area is 105 Å². The van der Waals surface area contributed by atoms with Gasteiger partial charge in [-0.05, 0) is 32.9 Å². The van der Waals surface area contributed by atoms with Crippen molar-refractivity contribution in [3.63, 3.8) is 0 Å². The standard InChI is InChI=1S/C13H27N3O/c1-4-6-11(14)9-13(17)16(3)12-7-5-8-15(2)10-12/h11-12H,4-10,14H2,1-3H3. The van der Waals surface area contributed by atoms with Crippen LogP contribution in [-0.2, 0) is 4.79 Å². The highest BCUT2D eigenvalue weighted by Crippen LogP contribution is 2.14. The quantitative estimate of drug-likeness (QED) is 0.783. The molecule has 4 heteroatoms. The highest BCUT2D eigenvalue weighted by atomic mass is 16.2. The van der Waals surface area contributed by atoms with E-state index in [9.17, 15) is 4.79 Å². The van der Waals surface area contributed by atoms with Crippen molar-refractivity contribution in [3.8, 4) is 0 Å². The largest absolute Gasteiger partial charge is 0.341 e. The molecule has 1 rings (SSSR count). The molecule has 1 heterocycles. The van der Waals surface area contributed by atoms with Crippen molar-refractivity contribution in [1.82, 2.24) is 9.80 Å². The normalized spacial score (nSPS) is 23.4. The van der Waals surface area contributed by atoms with Crippen LogP contribution < -0.4 is 5.73 Å². The summed E-state index contributed by atoms with van der Waals surface area (Å²) in [5.41, 5.74) is 5.92. The van der Waals surface area contributed by atoms with Gasteiger partial charge in [-0.2, -0.15) is 0 Å². The van der Waals surface area contributed by atoms with Crippen molar-refractivity contribution in [3.05, 3.63) is 0 Å². The molecular formula is C13H27N3O. The van der Waals surface area contributed by atoms with E-state index in [2.05, 4.69) is 18.9 Å². The topological polar surface area (TPSA) is 49.6 Å². The number of rotatable bonds is 5. The fourth-order valence-corrected chi connectivity index (χ4v) is 2.50. The first-order chi connectivity index (χ1) is 8.04. The number of likely N-dealkylation sites (tertiary alicyclic amines) is 1.